The van der Waals surface area contributed by atoms with Gasteiger partial charge in [0.15, 0.2) is 12.4 Å². The summed E-state index contributed by atoms with van der Waals surface area (Å²) >= 11 is 0. The van der Waals surface area contributed by atoms with Crippen LogP contribution in [0.2, 0.25) is 0 Å². The molecule has 0 fully saturated rings. The van der Waals surface area contributed by atoms with Crippen LogP contribution in [0.25, 0.3) is 0 Å². The van der Waals surface area contributed by atoms with Gasteiger partial charge in [-0.2, -0.15) is 0 Å². The van der Waals surface area contributed by atoms with E-state index in [1.54, 1.807) is 24.3 Å². The summed E-state index contributed by atoms with van der Waals surface area (Å²) in [6.07, 6.45) is 0. The van der Waals surface area contributed by atoms with Crippen LogP contribution in [0.3, 0.4) is 0 Å². The van der Waals surface area contributed by atoms with Crippen molar-refractivity contribution in [2.75, 3.05) is 19.0 Å². The van der Waals surface area contributed by atoms with E-state index in [1.165, 1.54) is 7.11 Å². The Morgan fingerprint density at radius 2 is 1.76 bits per heavy atom. The van der Waals surface area contributed by atoms with E-state index in [-0.39, 0.29) is 5.75 Å². The van der Waals surface area contributed by atoms with Gasteiger partial charge in [-0.3, -0.25) is 25.0 Å². The highest BCUT2D eigenvalue weighted by molar-refractivity contribution is 5.92. The van der Waals surface area contributed by atoms with Gasteiger partial charge in [0.25, 0.3) is 11.6 Å². The van der Waals surface area contributed by atoms with Crippen molar-refractivity contribution in [2.45, 2.75) is 0 Å². The molecule has 1 N–H and O–H groups in total. The highest BCUT2D eigenvalue weighted by Crippen LogP contribution is 2.30. The molecule has 130 valence electrons. The summed E-state index contributed by atoms with van der Waals surface area (Å²) in [6.45, 7) is -0.495. The number of non-ortho nitro benzene ring substituents is 1. The molecule has 0 aliphatic heterocycles. The predicted molar refractivity (Wildman–Crippen MR) is 86.9 cm³/mol. The van der Waals surface area contributed by atoms with Crippen LogP contribution in [0, 0.1) is 20.2 Å². The second kappa shape index (κ2) is 7.73. The molecule has 2 rings (SSSR count). The zero-order chi connectivity index (χ0) is 18.4. The summed E-state index contributed by atoms with van der Waals surface area (Å²) < 4.78 is 10.1. The van der Waals surface area contributed by atoms with Crippen LogP contribution in [0.15, 0.2) is 42.5 Å². The third kappa shape index (κ3) is 4.64. The normalized spacial score (nSPS) is 9.96. The number of amides is 1. The van der Waals surface area contributed by atoms with Crippen molar-refractivity contribution in [3.8, 4) is 11.5 Å². The van der Waals surface area contributed by atoms with Gasteiger partial charge in [-0.25, -0.2) is 0 Å². The fraction of sp³-hybridized carbons (Fsp3) is 0.133. The minimum atomic E-state index is -0.816. The number of nitro benzene ring substituents is 2. The molecule has 0 unspecified atom stereocenters. The van der Waals surface area contributed by atoms with Crippen molar-refractivity contribution >= 4 is 23.0 Å². The molecule has 0 saturated heterocycles. The van der Waals surface area contributed by atoms with Gasteiger partial charge in [-0.1, -0.05) is 0 Å². The lowest BCUT2D eigenvalue weighted by molar-refractivity contribution is -0.394. The van der Waals surface area contributed by atoms with Gasteiger partial charge in [-0.15, -0.1) is 0 Å². The molecule has 0 heterocycles. The number of hydrogen-bond acceptors (Lipinski definition) is 7. The molecule has 0 saturated carbocycles. The molecule has 0 aromatic heterocycles. The Morgan fingerprint density at radius 1 is 1.08 bits per heavy atom. The fourth-order valence-electron chi connectivity index (χ4n) is 1.90. The van der Waals surface area contributed by atoms with E-state index in [2.05, 4.69) is 5.32 Å². The van der Waals surface area contributed by atoms with Gasteiger partial charge < -0.3 is 14.8 Å². The third-order valence-electron chi connectivity index (χ3n) is 3.08. The third-order valence-corrected chi connectivity index (χ3v) is 3.08. The standard InChI is InChI=1S/C15H13N3O7/c1-24-12-5-2-10(3-6-12)16-15(19)9-25-14-7-4-11(17(20)21)8-13(14)18(22)23/h2-8H,9H2,1H3,(H,16,19). The Morgan fingerprint density at radius 3 is 2.32 bits per heavy atom. The van der Waals surface area contributed by atoms with Gasteiger partial charge in [0.05, 0.1) is 23.0 Å². The molecule has 2 aromatic carbocycles. The molecule has 2 aromatic rings. The van der Waals surface area contributed by atoms with Crippen molar-refractivity contribution in [1.82, 2.24) is 0 Å². The highest BCUT2D eigenvalue weighted by atomic mass is 16.6. The summed E-state index contributed by atoms with van der Waals surface area (Å²) in [5.74, 6) is -0.158. The van der Waals surface area contributed by atoms with Crippen molar-refractivity contribution < 1.29 is 24.1 Å². The van der Waals surface area contributed by atoms with Crippen LogP contribution < -0.4 is 14.8 Å². The minimum absolute atomic E-state index is 0.236. The molecule has 10 heteroatoms. The molecular weight excluding hydrogens is 334 g/mol. The first-order valence-corrected chi connectivity index (χ1v) is 6.90. The van der Waals surface area contributed by atoms with Gasteiger partial charge in [0.1, 0.15) is 5.75 Å². The monoisotopic (exact) mass is 347 g/mol. The van der Waals surface area contributed by atoms with E-state index < -0.39 is 33.7 Å². The summed E-state index contributed by atoms with van der Waals surface area (Å²) in [6, 6.07) is 9.45. The maximum Gasteiger partial charge on any atom is 0.317 e. The number of nitro groups is 2. The van der Waals surface area contributed by atoms with Gasteiger partial charge in [0, 0.05) is 11.8 Å². The molecule has 0 radical (unpaired) electrons. The molecule has 0 spiro atoms. The molecule has 0 atom stereocenters. The van der Waals surface area contributed by atoms with Gasteiger partial charge in [-0.05, 0) is 30.3 Å². The number of nitrogens with zero attached hydrogens (tertiary/aromatic N) is 2. The first-order valence-electron chi connectivity index (χ1n) is 6.90. The lowest BCUT2D eigenvalue weighted by atomic mass is 10.2. The Labute approximate surface area is 141 Å². The Hall–Kier alpha value is -3.69. The highest BCUT2D eigenvalue weighted by Gasteiger charge is 2.21. The summed E-state index contributed by atoms with van der Waals surface area (Å²) in [7, 11) is 1.51. The van der Waals surface area contributed by atoms with Crippen molar-refractivity contribution in [1.29, 1.82) is 0 Å². The van der Waals surface area contributed by atoms with Crippen LogP contribution in [0.4, 0.5) is 17.1 Å². The molecule has 25 heavy (non-hydrogen) atoms. The topological polar surface area (TPSA) is 134 Å². The first-order chi connectivity index (χ1) is 11.9. The number of methoxy groups -OCH3 is 1. The number of anilines is 1. The maximum absolute atomic E-state index is 11.9. The number of rotatable bonds is 7. The Balaban J connectivity index is 2.03. The van der Waals surface area contributed by atoms with Crippen LogP contribution >= 0.6 is 0 Å². The smallest absolute Gasteiger partial charge is 0.317 e. The summed E-state index contributed by atoms with van der Waals surface area (Å²) in [5, 5.41) is 24.2. The molecule has 1 amide bonds. The number of ether oxygens (including phenoxy) is 2. The second-order valence-electron chi connectivity index (χ2n) is 4.73. The quantitative estimate of drug-likeness (QED) is 0.600. The Kier molecular flexibility index (Phi) is 5.46. The van der Waals surface area contributed by atoms with Crippen molar-refractivity contribution in [2.24, 2.45) is 0 Å². The number of nitrogens with one attached hydrogen (secondary N) is 1. The molecule has 10 nitrogen and oxygen atoms in total. The number of carbonyl (C=O) groups is 1. The van der Waals surface area contributed by atoms with Crippen LogP contribution in [0.5, 0.6) is 11.5 Å². The van der Waals surface area contributed by atoms with E-state index in [0.717, 1.165) is 18.2 Å². The van der Waals surface area contributed by atoms with E-state index in [4.69, 9.17) is 9.47 Å². The summed E-state index contributed by atoms with van der Waals surface area (Å²) in [5.41, 5.74) is -0.541. The number of benzene rings is 2. The van der Waals surface area contributed by atoms with E-state index in [1.807, 2.05) is 0 Å². The van der Waals surface area contributed by atoms with E-state index in [0.29, 0.717) is 11.4 Å². The zero-order valence-electron chi connectivity index (χ0n) is 13.0. The lowest BCUT2D eigenvalue weighted by Gasteiger charge is -2.08. The van der Waals surface area contributed by atoms with E-state index >= 15 is 0 Å². The molecule has 0 aliphatic rings. The van der Waals surface area contributed by atoms with Gasteiger partial charge >= 0.3 is 5.69 Å². The van der Waals surface area contributed by atoms with Crippen molar-refractivity contribution in [3.63, 3.8) is 0 Å². The Bertz CT molecular complexity index is 805. The van der Waals surface area contributed by atoms with Crippen LogP contribution in [-0.2, 0) is 4.79 Å². The van der Waals surface area contributed by atoms with Crippen molar-refractivity contribution in [3.05, 3.63) is 62.7 Å². The van der Waals surface area contributed by atoms with Crippen LogP contribution in [0.1, 0.15) is 0 Å². The SMILES string of the molecule is COc1ccc(NC(=O)COc2ccc([N+](=O)[O-])cc2[N+](=O)[O-])cc1. The number of carbonyl (C=O) groups excluding carboxylic acids is 1. The summed E-state index contributed by atoms with van der Waals surface area (Å²) in [4.78, 5) is 31.9. The predicted octanol–water partition coefficient (Wildman–Crippen LogP) is 2.53. The van der Waals surface area contributed by atoms with E-state index in [9.17, 15) is 25.0 Å². The molecule has 0 bridgehead atoms. The average molecular weight is 347 g/mol. The minimum Gasteiger partial charge on any atom is -0.497 e. The first kappa shape index (κ1) is 17.7. The van der Waals surface area contributed by atoms with Crippen LogP contribution in [-0.4, -0.2) is 29.5 Å². The zero-order valence-corrected chi connectivity index (χ0v) is 13.0. The second-order valence-corrected chi connectivity index (χ2v) is 4.73. The fourth-order valence-corrected chi connectivity index (χ4v) is 1.90. The average Bonchev–Trinajstić information content (AvgIpc) is 2.60. The van der Waals surface area contributed by atoms with Gasteiger partial charge in [0.2, 0.25) is 0 Å². The number of hydrogen-bond donors (Lipinski definition) is 1. The maximum atomic E-state index is 11.9. The molecule has 0 aliphatic carbocycles. The largest absolute Gasteiger partial charge is 0.497 e. The molecular formula is C15H13N3O7. The lowest BCUT2D eigenvalue weighted by Crippen LogP contribution is -2.20.